The van der Waals surface area contributed by atoms with Gasteiger partial charge in [-0.05, 0) is 5.56 Å². The SMILES string of the molecule is Cl.O=C(O)CN1CCN[C@@H](CC(=O)OCc2ccccc2)C1=O. The van der Waals surface area contributed by atoms with Crippen molar-refractivity contribution in [2.24, 2.45) is 0 Å². The predicted molar refractivity (Wildman–Crippen MR) is 84.1 cm³/mol. The highest BCUT2D eigenvalue weighted by atomic mass is 35.5. The fraction of sp³-hybridized carbons (Fsp3) is 0.400. The lowest BCUT2D eigenvalue weighted by molar-refractivity contribution is -0.151. The van der Waals surface area contributed by atoms with Gasteiger partial charge in [0, 0.05) is 13.1 Å². The molecule has 1 aromatic rings. The molecule has 8 heteroatoms. The first kappa shape index (κ1) is 18.9. The number of ether oxygens (including phenoxy) is 1. The Hall–Kier alpha value is -2.12. The minimum atomic E-state index is -1.07. The smallest absolute Gasteiger partial charge is 0.323 e. The molecular weight excluding hydrogens is 324 g/mol. The van der Waals surface area contributed by atoms with Gasteiger partial charge in [-0.15, -0.1) is 12.4 Å². The van der Waals surface area contributed by atoms with Gasteiger partial charge in [0.2, 0.25) is 5.91 Å². The van der Waals surface area contributed by atoms with E-state index in [0.717, 1.165) is 5.56 Å². The summed E-state index contributed by atoms with van der Waals surface area (Å²) in [5.74, 6) is -1.95. The van der Waals surface area contributed by atoms with Gasteiger partial charge in [-0.25, -0.2) is 0 Å². The molecule has 1 amide bonds. The summed E-state index contributed by atoms with van der Waals surface area (Å²) in [6.45, 7) is 0.575. The summed E-state index contributed by atoms with van der Waals surface area (Å²) in [5, 5.41) is 11.7. The molecule has 1 heterocycles. The van der Waals surface area contributed by atoms with Crippen LogP contribution in [0.25, 0.3) is 0 Å². The van der Waals surface area contributed by atoms with Crippen LogP contribution < -0.4 is 5.32 Å². The third-order valence-corrected chi connectivity index (χ3v) is 3.32. The monoisotopic (exact) mass is 342 g/mol. The first-order valence-electron chi connectivity index (χ1n) is 7.00. The molecule has 2 N–H and O–H groups in total. The molecule has 0 radical (unpaired) electrons. The van der Waals surface area contributed by atoms with E-state index in [1.165, 1.54) is 4.90 Å². The number of piperazine rings is 1. The minimum Gasteiger partial charge on any atom is -0.480 e. The molecule has 1 aliphatic heterocycles. The molecule has 1 aliphatic rings. The Morgan fingerprint density at radius 1 is 1.30 bits per heavy atom. The van der Waals surface area contributed by atoms with Crippen LogP contribution in [0.3, 0.4) is 0 Å². The number of carbonyl (C=O) groups excluding carboxylic acids is 2. The normalized spacial score (nSPS) is 17.3. The van der Waals surface area contributed by atoms with Crippen molar-refractivity contribution in [3.05, 3.63) is 35.9 Å². The second-order valence-electron chi connectivity index (χ2n) is 5.01. The molecule has 1 fully saturated rings. The topological polar surface area (TPSA) is 95.9 Å². The van der Waals surface area contributed by atoms with E-state index in [2.05, 4.69) is 5.32 Å². The van der Waals surface area contributed by atoms with Crippen LogP contribution in [-0.2, 0) is 25.7 Å². The van der Waals surface area contributed by atoms with Gasteiger partial charge < -0.3 is 20.1 Å². The quantitative estimate of drug-likeness (QED) is 0.728. The van der Waals surface area contributed by atoms with Gasteiger partial charge in [0.1, 0.15) is 13.2 Å². The van der Waals surface area contributed by atoms with Gasteiger partial charge in [-0.1, -0.05) is 30.3 Å². The summed E-state index contributed by atoms with van der Waals surface area (Å²) in [7, 11) is 0. The van der Waals surface area contributed by atoms with Crippen LogP contribution in [0.2, 0.25) is 0 Å². The maximum atomic E-state index is 12.1. The first-order chi connectivity index (χ1) is 10.6. The molecule has 2 rings (SSSR count). The van der Waals surface area contributed by atoms with Crippen LogP contribution in [0.4, 0.5) is 0 Å². The summed E-state index contributed by atoms with van der Waals surface area (Å²) < 4.78 is 5.13. The number of amides is 1. The Morgan fingerprint density at radius 2 is 2.00 bits per heavy atom. The van der Waals surface area contributed by atoms with Crippen molar-refractivity contribution >= 4 is 30.3 Å². The molecule has 0 aliphatic carbocycles. The van der Waals surface area contributed by atoms with E-state index in [1.54, 1.807) is 0 Å². The van der Waals surface area contributed by atoms with Gasteiger partial charge in [0.25, 0.3) is 0 Å². The van der Waals surface area contributed by atoms with Crippen LogP contribution in [0.5, 0.6) is 0 Å². The van der Waals surface area contributed by atoms with Crippen molar-refractivity contribution in [1.82, 2.24) is 10.2 Å². The van der Waals surface area contributed by atoms with Gasteiger partial charge in [-0.2, -0.15) is 0 Å². The molecule has 0 bridgehead atoms. The van der Waals surface area contributed by atoms with Gasteiger partial charge in [0.15, 0.2) is 0 Å². The highest BCUT2D eigenvalue weighted by Crippen LogP contribution is 2.08. The summed E-state index contributed by atoms with van der Waals surface area (Å²) in [5.41, 5.74) is 0.867. The number of carbonyl (C=O) groups is 3. The number of rotatable bonds is 6. The molecule has 1 aromatic carbocycles. The minimum absolute atomic E-state index is 0. The van der Waals surface area contributed by atoms with Crippen molar-refractivity contribution in [2.75, 3.05) is 19.6 Å². The number of carboxylic acid groups (broad SMARTS) is 1. The highest BCUT2D eigenvalue weighted by molar-refractivity contribution is 5.89. The molecular formula is C15H19ClN2O5. The average molecular weight is 343 g/mol. The Kier molecular flexibility index (Phi) is 7.50. The largest absolute Gasteiger partial charge is 0.480 e. The molecule has 23 heavy (non-hydrogen) atoms. The maximum absolute atomic E-state index is 12.1. The third-order valence-electron chi connectivity index (χ3n) is 3.32. The summed E-state index contributed by atoms with van der Waals surface area (Å²) >= 11 is 0. The van der Waals surface area contributed by atoms with Crippen LogP contribution in [0.15, 0.2) is 30.3 Å². The number of halogens is 1. The predicted octanol–water partition coefficient (Wildman–Crippen LogP) is 0.427. The molecule has 0 unspecified atom stereocenters. The lowest BCUT2D eigenvalue weighted by Gasteiger charge is -2.31. The number of carboxylic acids is 1. The van der Waals surface area contributed by atoms with Crippen LogP contribution in [-0.4, -0.2) is 53.5 Å². The second kappa shape index (κ2) is 9.12. The van der Waals surface area contributed by atoms with Gasteiger partial charge >= 0.3 is 11.9 Å². The van der Waals surface area contributed by atoms with E-state index in [1.807, 2.05) is 30.3 Å². The van der Waals surface area contributed by atoms with Gasteiger partial charge in [0.05, 0.1) is 12.5 Å². The van der Waals surface area contributed by atoms with Crippen LogP contribution in [0, 0.1) is 0 Å². The van der Waals surface area contributed by atoms with Crippen molar-refractivity contribution in [2.45, 2.75) is 19.1 Å². The van der Waals surface area contributed by atoms with Crippen molar-refractivity contribution in [3.63, 3.8) is 0 Å². The number of hydrogen-bond donors (Lipinski definition) is 2. The molecule has 0 aromatic heterocycles. The number of esters is 1. The van der Waals surface area contributed by atoms with Crippen LogP contribution in [0.1, 0.15) is 12.0 Å². The van der Waals surface area contributed by atoms with Crippen molar-refractivity contribution in [3.8, 4) is 0 Å². The second-order valence-corrected chi connectivity index (χ2v) is 5.01. The van der Waals surface area contributed by atoms with E-state index in [0.29, 0.717) is 13.1 Å². The fourth-order valence-corrected chi connectivity index (χ4v) is 2.24. The van der Waals surface area contributed by atoms with Crippen molar-refractivity contribution in [1.29, 1.82) is 0 Å². The van der Waals surface area contributed by atoms with E-state index >= 15 is 0 Å². The first-order valence-corrected chi connectivity index (χ1v) is 7.00. The van der Waals surface area contributed by atoms with E-state index in [9.17, 15) is 14.4 Å². The average Bonchev–Trinajstić information content (AvgIpc) is 2.50. The standard InChI is InChI=1S/C15H18N2O5.ClH/c18-13(19)9-17-7-6-16-12(15(17)21)8-14(20)22-10-11-4-2-1-3-5-11;/h1-5,12,16H,6-10H2,(H,18,19);1H/t12-;/m0./s1. The highest BCUT2D eigenvalue weighted by Gasteiger charge is 2.31. The van der Waals surface area contributed by atoms with Crippen molar-refractivity contribution < 1.29 is 24.2 Å². The molecule has 1 saturated heterocycles. The Balaban J connectivity index is 0.00000264. The lowest BCUT2D eigenvalue weighted by Crippen LogP contribution is -2.56. The number of hydrogen-bond acceptors (Lipinski definition) is 5. The zero-order valence-electron chi connectivity index (χ0n) is 12.4. The van der Waals surface area contributed by atoms with E-state index in [4.69, 9.17) is 9.84 Å². The summed E-state index contributed by atoms with van der Waals surface area (Å²) in [6, 6.07) is 8.51. The fourth-order valence-electron chi connectivity index (χ4n) is 2.24. The summed E-state index contributed by atoms with van der Waals surface area (Å²) in [6.07, 6.45) is -0.109. The zero-order chi connectivity index (χ0) is 15.9. The Bertz CT molecular complexity index is 552. The van der Waals surface area contributed by atoms with E-state index in [-0.39, 0.29) is 37.9 Å². The number of benzene rings is 1. The molecule has 1 atom stereocenters. The zero-order valence-corrected chi connectivity index (χ0v) is 13.3. The number of aliphatic carboxylic acids is 1. The Morgan fingerprint density at radius 3 is 2.65 bits per heavy atom. The maximum Gasteiger partial charge on any atom is 0.323 e. The number of nitrogens with one attached hydrogen (secondary N) is 1. The molecule has 7 nitrogen and oxygen atoms in total. The molecule has 0 spiro atoms. The molecule has 126 valence electrons. The Labute approximate surface area is 140 Å². The van der Waals surface area contributed by atoms with E-state index < -0.39 is 18.0 Å². The number of nitrogens with zero attached hydrogens (tertiary/aromatic N) is 1. The molecule has 0 saturated carbocycles. The lowest BCUT2D eigenvalue weighted by atomic mass is 10.1. The summed E-state index contributed by atoms with van der Waals surface area (Å²) in [4.78, 5) is 35.8. The van der Waals surface area contributed by atoms with Crippen LogP contribution >= 0.6 is 12.4 Å². The third kappa shape index (κ3) is 5.88. The van der Waals surface area contributed by atoms with Gasteiger partial charge in [-0.3, -0.25) is 14.4 Å².